The number of rotatable bonds is 46. The third-order valence-electron chi connectivity index (χ3n) is 13.6. The Balaban J connectivity index is 0. The summed E-state index contributed by atoms with van der Waals surface area (Å²) in [6, 6.07) is 12.1. The van der Waals surface area contributed by atoms with Crippen LogP contribution in [0.25, 0.3) is 0 Å². The quantitative estimate of drug-likeness (QED) is 0.0519. The Kier molecular flexibility index (Phi) is 55.4. The van der Waals surface area contributed by atoms with Crippen LogP contribution in [0.4, 0.5) is 0 Å². The van der Waals surface area contributed by atoms with Crippen LogP contribution in [0.5, 0.6) is 11.5 Å². The summed E-state index contributed by atoms with van der Waals surface area (Å²) < 4.78 is 10.1. The van der Waals surface area contributed by atoms with Gasteiger partial charge in [-0.05, 0) is 125 Å². The van der Waals surface area contributed by atoms with Crippen molar-refractivity contribution < 1.29 is 48.9 Å². The first-order chi connectivity index (χ1) is 34.2. The van der Waals surface area contributed by atoms with E-state index >= 15 is 0 Å². The molecule has 0 aliphatic heterocycles. The standard InChI is InChI=1S/C26H46BO3.C26H45BO3.C9H21N.Ru/c2*1-3-5-7-9-11-13-15-17-19-24-21-22-26(30-27(28)29)25(23-24)20-18-16-14-12-10-8-6-4-2;1-4-7-10(8-5-2)9-6-3;/h21-23,28H,3-20H2,1-2H3;21-23H,3-20H2,1-2H3;4-9H2,1-3H3;/q-1;-2;;+3. The molecule has 0 aliphatic carbocycles. The van der Waals surface area contributed by atoms with Crippen LogP contribution < -0.4 is 24.4 Å². The molecule has 0 fully saturated rings. The molecule has 0 aromatic heterocycles. The average molecular weight is 1080 g/mol. The summed E-state index contributed by atoms with van der Waals surface area (Å²) in [6.07, 6.45) is 49.5. The molecule has 0 amide bonds. The molecule has 1 N–H and O–H groups in total. The van der Waals surface area contributed by atoms with Gasteiger partial charge < -0.3 is 34.3 Å². The van der Waals surface area contributed by atoms with Gasteiger partial charge in [-0.25, -0.2) is 0 Å². The molecule has 2 aromatic carbocycles. The third-order valence-corrected chi connectivity index (χ3v) is 13.6. The Morgan fingerprint density at radius 3 is 0.901 bits per heavy atom. The van der Waals surface area contributed by atoms with Crippen molar-refractivity contribution in [1.82, 2.24) is 4.90 Å². The van der Waals surface area contributed by atoms with Gasteiger partial charge in [0.15, 0.2) is 0 Å². The second kappa shape index (κ2) is 54.8. The predicted octanol–water partition coefficient (Wildman–Crippen LogP) is 15.4. The Hall–Kier alpha value is -1.41. The third kappa shape index (κ3) is 45.7. The molecule has 0 saturated heterocycles. The molecule has 2 rings (SSSR count). The van der Waals surface area contributed by atoms with Crippen molar-refractivity contribution in [2.75, 3.05) is 19.6 Å². The molecule has 1 radical (unpaired) electrons. The van der Waals surface area contributed by atoms with E-state index in [9.17, 15) is 15.1 Å². The number of benzene rings is 2. The first kappa shape index (κ1) is 71.7. The minimum absolute atomic E-state index is 0. The van der Waals surface area contributed by atoms with E-state index in [0.29, 0.717) is 11.5 Å². The smallest absolute Gasteiger partial charge is 0.860 e. The molecular formula is C61H112B2NO6Ru. The van der Waals surface area contributed by atoms with Gasteiger partial charge in [0.2, 0.25) is 0 Å². The van der Waals surface area contributed by atoms with E-state index in [1.165, 1.54) is 243 Å². The molecular weight excluding hydrogens is 965 g/mol. The van der Waals surface area contributed by atoms with Crippen LogP contribution in [-0.4, -0.2) is 44.2 Å². The topological polar surface area (TPSA) is 111 Å². The fourth-order valence-electron chi connectivity index (χ4n) is 9.52. The number of hydrogen-bond donors (Lipinski definition) is 1. The van der Waals surface area contributed by atoms with Crippen LogP contribution in [0.1, 0.15) is 295 Å². The van der Waals surface area contributed by atoms with E-state index < -0.39 is 14.6 Å². The summed E-state index contributed by atoms with van der Waals surface area (Å²) in [5, 5.41) is 42.2. The first-order valence-corrected chi connectivity index (χ1v) is 30.1. The molecule has 7 nitrogen and oxygen atoms in total. The summed E-state index contributed by atoms with van der Waals surface area (Å²) in [5.74, 6) is 1.05. The van der Waals surface area contributed by atoms with E-state index in [0.717, 1.165) is 49.7 Å². The van der Waals surface area contributed by atoms with Gasteiger partial charge in [0.25, 0.3) is 0 Å². The molecule has 0 heterocycles. The van der Waals surface area contributed by atoms with E-state index in [-0.39, 0.29) is 19.5 Å². The molecule has 411 valence electrons. The Morgan fingerprint density at radius 2 is 0.634 bits per heavy atom. The van der Waals surface area contributed by atoms with Crippen molar-refractivity contribution in [3.63, 3.8) is 0 Å². The van der Waals surface area contributed by atoms with Crippen LogP contribution >= 0.6 is 0 Å². The van der Waals surface area contributed by atoms with Crippen molar-refractivity contribution in [3.05, 3.63) is 58.7 Å². The van der Waals surface area contributed by atoms with Gasteiger partial charge in [-0.2, -0.15) is 0 Å². The molecule has 0 unspecified atom stereocenters. The van der Waals surface area contributed by atoms with E-state index in [1.54, 1.807) is 0 Å². The monoisotopic (exact) mass is 1080 g/mol. The number of aryl methyl sites for hydroxylation is 4. The zero-order valence-electron chi connectivity index (χ0n) is 47.6. The van der Waals surface area contributed by atoms with Crippen LogP contribution in [0.2, 0.25) is 0 Å². The summed E-state index contributed by atoms with van der Waals surface area (Å²) in [6.45, 7) is 19.6. The van der Waals surface area contributed by atoms with Crippen LogP contribution in [0.3, 0.4) is 0 Å². The normalized spacial score (nSPS) is 10.9. The summed E-state index contributed by atoms with van der Waals surface area (Å²) in [5.41, 5.74) is 4.74. The van der Waals surface area contributed by atoms with Crippen molar-refractivity contribution >= 4 is 14.6 Å². The fourth-order valence-corrected chi connectivity index (χ4v) is 9.52. The SMILES string of the molecule is CCCCCCCCCCc1ccc(OB([O-])O)c(CCCCCCCCCC)c1.CCCCCCCCCCc1ccc(OB([O-])[O-])c(CCCCCCCCCC)c1.CCCN(CCC)CCC.[Ru+3]. The van der Waals surface area contributed by atoms with Gasteiger partial charge in [-0.1, -0.05) is 253 Å². The maximum absolute atomic E-state index is 11.1. The van der Waals surface area contributed by atoms with Gasteiger partial charge >= 0.3 is 26.8 Å². The van der Waals surface area contributed by atoms with Gasteiger partial charge in [0.05, 0.1) is 5.75 Å². The number of hydrogen-bond acceptors (Lipinski definition) is 7. The summed E-state index contributed by atoms with van der Waals surface area (Å²) in [4.78, 5) is 2.54. The number of nitrogens with zero attached hydrogens (tertiary/aromatic N) is 1. The molecule has 0 bridgehead atoms. The molecule has 0 aliphatic rings. The summed E-state index contributed by atoms with van der Waals surface area (Å²) in [7, 11) is -4.25. The molecule has 0 saturated carbocycles. The Morgan fingerprint density at radius 1 is 0.366 bits per heavy atom. The van der Waals surface area contributed by atoms with E-state index in [2.05, 4.69) is 71.6 Å². The van der Waals surface area contributed by atoms with E-state index in [4.69, 9.17) is 14.3 Å². The van der Waals surface area contributed by atoms with Crippen LogP contribution in [0.15, 0.2) is 36.4 Å². The second-order valence-corrected chi connectivity index (χ2v) is 20.5. The fraction of sp³-hybridized carbons (Fsp3) is 0.803. The average Bonchev–Trinajstić information content (AvgIpc) is 3.34. The van der Waals surface area contributed by atoms with Crippen LogP contribution in [0, 0.1) is 0 Å². The maximum Gasteiger partial charge on any atom is 3.00 e. The van der Waals surface area contributed by atoms with Crippen molar-refractivity contribution in [2.45, 2.75) is 299 Å². The largest absolute Gasteiger partial charge is 3.00 e. The first-order valence-electron chi connectivity index (χ1n) is 30.1. The molecule has 10 heteroatoms. The second-order valence-electron chi connectivity index (χ2n) is 20.5. The van der Waals surface area contributed by atoms with E-state index in [1.807, 2.05) is 18.2 Å². The van der Waals surface area contributed by atoms with Gasteiger partial charge in [-0.3, -0.25) is 0 Å². The van der Waals surface area contributed by atoms with Crippen LogP contribution in [-0.2, 0) is 45.2 Å². The zero-order chi connectivity index (χ0) is 51.6. The van der Waals surface area contributed by atoms with Crippen molar-refractivity contribution in [3.8, 4) is 11.5 Å². The zero-order valence-corrected chi connectivity index (χ0v) is 49.3. The van der Waals surface area contributed by atoms with Gasteiger partial charge in [-0.15, -0.1) is 0 Å². The van der Waals surface area contributed by atoms with Crippen molar-refractivity contribution in [1.29, 1.82) is 0 Å². The molecule has 2 aromatic rings. The Bertz CT molecular complexity index is 1280. The van der Waals surface area contributed by atoms with Gasteiger partial charge in [0, 0.05) is 0 Å². The predicted molar refractivity (Wildman–Crippen MR) is 300 cm³/mol. The Labute approximate surface area is 454 Å². The number of unbranched alkanes of at least 4 members (excludes halogenated alkanes) is 28. The van der Waals surface area contributed by atoms with Crippen molar-refractivity contribution in [2.24, 2.45) is 0 Å². The minimum Gasteiger partial charge on any atom is -0.860 e. The summed E-state index contributed by atoms with van der Waals surface area (Å²) >= 11 is 0. The molecule has 0 spiro atoms. The minimum atomic E-state index is -2.25. The van der Waals surface area contributed by atoms with Gasteiger partial charge in [0.1, 0.15) is 13.1 Å². The maximum atomic E-state index is 11.1. The molecule has 71 heavy (non-hydrogen) atoms. The molecule has 0 atom stereocenters.